The standard InChI is InChI=1S/C9H18N2O4/c1-5(2)7(11)9(14)15-8(13)6(10)3-4-12/h5-7,12H,3-4,10-11H2,1-2H3/t6-,7-/m0/s1. The van der Waals surface area contributed by atoms with Gasteiger partial charge in [-0.3, -0.25) is 0 Å². The summed E-state index contributed by atoms with van der Waals surface area (Å²) in [7, 11) is 0. The van der Waals surface area contributed by atoms with Gasteiger partial charge < -0.3 is 21.3 Å². The molecule has 0 aromatic heterocycles. The summed E-state index contributed by atoms with van der Waals surface area (Å²) in [6, 6.07) is -1.83. The van der Waals surface area contributed by atoms with E-state index in [1.165, 1.54) is 0 Å². The Hall–Kier alpha value is -0.980. The quantitative estimate of drug-likeness (QED) is 0.392. The molecule has 0 saturated heterocycles. The van der Waals surface area contributed by atoms with Crippen LogP contribution in [0.25, 0.3) is 0 Å². The van der Waals surface area contributed by atoms with Gasteiger partial charge in [-0.05, 0) is 12.3 Å². The minimum atomic E-state index is -0.988. The van der Waals surface area contributed by atoms with Gasteiger partial charge in [0.15, 0.2) is 0 Å². The molecule has 88 valence electrons. The summed E-state index contributed by atoms with van der Waals surface area (Å²) in [4.78, 5) is 22.4. The van der Waals surface area contributed by atoms with E-state index in [1.807, 2.05) is 0 Å². The molecule has 15 heavy (non-hydrogen) atoms. The van der Waals surface area contributed by atoms with Crippen LogP contribution >= 0.6 is 0 Å². The summed E-state index contributed by atoms with van der Waals surface area (Å²) in [6.07, 6.45) is 0.0586. The number of carbonyl (C=O) groups is 2. The highest BCUT2D eigenvalue weighted by molar-refractivity contribution is 5.90. The number of rotatable bonds is 5. The maximum Gasteiger partial charge on any atom is 0.330 e. The lowest BCUT2D eigenvalue weighted by Gasteiger charge is -2.15. The topological polar surface area (TPSA) is 116 Å². The van der Waals surface area contributed by atoms with Crippen LogP contribution in [0.15, 0.2) is 0 Å². The predicted octanol–water partition coefficient (Wildman–Crippen LogP) is -1.25. The molecule has 6 nitrogen and oxygen atoms in total. The number of carbonyl (C=O) groups excluding carboxylic acids is 2. The Labute approximate surface area is 88.6 Å². The zero-order valence-corrected chi connectivity index (χ0v) is 8.97. The van der Waals surface area contributed by atoms with Gasteiger partial charge in [-0.15, -0.1) is 0 Å². The first-order valence-electron chi connectivity index (χ1n) is 4.77. The molecule has 0 radical (unpaired) electrons. The first-order valence-corrected chi connectivity index (χ1v) is 4.77. The van der Waals surface area contributed by atoms with Crippen molar-refractivity contribution in [2.24, 2.45) is 17.4 Å². The molecule has 2 atom stereocenters. The summed E-state index contributed by atoms with van der Waals surface area (Å²) >= 11 is 0. The Morgan fingerprint density at radius 3 is 2.20 bits per heavy atom. The van der Waals surface area contributed by atoms with Gasteiger partial charge >= 0.3 is 11.9 Å². The molecule has 6 heteroatoms. The van der Waals surface area contributed by atoms with E-state index in [9.17, 15) is 9.59 Å². The van der Waals surface area contributed by atoms with E-state index >= 15 is 0 Å². The zero-order chi connectivity index (χ0) is 12.0. The second-order valence-electron chi connectivity index (χ2n) is 3.63. The van der Waals surface area contributed by atoms with Crippen LogP contribution in [0.5, 0.6) is 0 Å². The van der Waals surface area contributed by atoms with Gasteiger partial charge in [0.1, 0.15) is 12.1 Å². The van der Waals surface area contributed by atoms with Gasteiger partial charge in [0, 0.05) is 6.61 Å². The smallest absolute Gasteiger partial charge is 0.330 e. The monoisotopic (exact) mass is 218 g/mol. The largest absolute Gasteiger partial charge is 0.396 e. The summed E-state index contributed by atoms with van der Waals surface area (Å²) in [5.41, 5.74) is 10.8. The Bertz CT molecular complexity index is 230. The molecule has 0 aromatic rings. The van der Waals surface area contributed by atoms with Crippen molar-refractivity contribution in [2.45, 2.75) is 32.4 Å². The van der Waals surface area contributed by atoms with E-state index in [0.29, 0.717) is 0 Å². The second kappa shape index (κ2) is 6.49. The van der Waals surface area contributed by atoms with Crippen molar-refractivity contribution in [1.82, 2.24) is 0 Å². The molecular weight excluding hydrogens is 200 g/mol. The zero-order valence-electron chi connectivity index (χ0n) is 8.97. The van der Waals surface area contributed by atoms with E-state index < -0.39 is 24.0 Å². The third kappa shape index (κ3) is 4.87. The molecule has 0 aliphatic rings. The Morgan fingerprint density at radius 2 is 1.80 bits per heavy atom. The fourth-order valence-corrected chi connectivity index (χ4v) is 0.772. The Balaban J connectivity index is 4.12. The summed E-state index contributed by atoms with van der Waals surface area (Å²) in [5.74, 6) is -1.76. The number of nitrogens with two attached hydrogens (primary N) is 2. The van der Waals surface area contributed by atoms with E-state index in [4.69, 9.17) is 16.6 Å². The molecule has 0 bridgehead atoms. The van der Waals surface area contributed by atoms with Crippen LogP contribution in [-0.2, 0) is 14.3 Å². The van der Waals surface area contributed by atoms with Crippen molar-refractivity contribution in [2.75, 3.05) is 6.61 Å². The van der Waals surface area contributed by atoms with Gasteiger partial charge in [-0.1, -0.05) is 13.8 Å². The maximum absolute atomic E-state index is 11.2. The molecule has 0 rings (SSSR count). The van der Waals surface area contributed by atoms with Gasteiger partial charge in [-0.25, -0.2) is 9.59 Å². The molecular formula is C9H18N2O4. The van der Waals surface area contributed by atoms with Crippen LogP contribution in [0.3, 0.4) is 0 Å². The van der Waals surface area contributed by atoms with Crippen LogP contribution in [0.1, 0.15) is 20.3 Å². The Kier molecular flexibility index (Phi) is 6.07. The van der Waals surface area contributed by atoms with Gasteiger partial charge in [0.2, 0.25) is 0 Å². The fourth-order valence-electron chi connectivity index (χ4n) is 0.772. The highest BCUT2D eigenvalue weighted by Crippen LogP contribution is 2.02. The van der Waals surface area contributed by atoms with Crippen LogP contribution in [0, 0.1) is 5.92 Å². The fraction of sp³-hybridized carbons (Fsp3) is 0.778. The molecule has 0 unspecified atom stereocenters. The van der Waals surface area contributed by atoms with Crippen molar-refractivity contribution in [1.29, 1.82) is 0 Å². The van der Waals surface area contributed by atoms with Crippen molar-refractivity contribution >= 4 is 11.9 Å². The van der Waals surface area contributed by atoms with E-state index in [2.05, 4.69) is 4.74 Å². The van der Waals surface area contributed by atoms with Crippen LogP contribution < -0.4 is 11.5 Å². The Morgan fingerprint density at radius 1 is 1.27 bits per heavy atom. The van der Waals surface area contributed by atoms with Crippen molar-refractivity contribution in [3.63, 3.8) is 0 Å². The molecule has 5 N–H and O–H groups in total. The van der Waals surface area contributed by atoms with E-state index in [-0.39, 0.29) is 18.9 Å². The summed E-state index contributed by atoms with van der Waals surface area (Å²) < 4.78 is 4.45. The number of aliphatic hydroxyl groups excluding tert-OH is 1. The van der Waals surface area contributed by atoms with Crippen molar-refractivity contribution < 1.29 is 19.4 Å². The lowest BCUT2D eigenvalue weighted by molar-refractivity contribution is -0.162. The number of hydrogen-bond donors (Lipinski definition) is 3. The predicted molar refractivity (Wildman–Crippen MR) is 53.6 cm³/mol. The van der Waals surface area contributed by atoms with Gasteiger partial charge in [0.25, 0.3) is 0 Å². The maximum atomic E-state index is 11.2. The molecule has 0 aliphatic carbocycles. The third-order valence-corrected chi connectivity index (χ3v) is 1.93. The first kappa shape index (κ1) is 14.0. The minimum Gasteiger partial charge on any atom is -0.396 e. The van der Waals surface area contributed by atoms with Crippen LogP contribution in [-0.4, -0.2) is 35.7 Å². The van der Waals surface area contributed by atoms with Crippen LogP contribution in [0.2, 0.25) is 0 Å². The van der Waals surface area contributed by atoms with Gasteiger partial charge in [-0.2, -0.15) is 0 Å². The van der Waals surface area contributed by atoms with E-state index in [1.54, 1.807) is 13.8 Å². The average molecular weight is 218 g/mol. The molecule has 0 heterocycles. The summed E-state index contributed by atoms with van der Waals surface area (Å²) in [6.45, 7) is 3.24. The third-order valence-electron chi connectivity index (χ3n) is 1.93. The first-order chi connectivity index (χ1) is 6.90. The molecule has 0 spiro atoms. The molecule has 0 saturated carbocycles. The molecule has 0 amide bonds. The molecule has 0 aliphatic heterocycles. The highest BCUT2D eigenvalue weighted by Gasteiger charge is 2.24. The lowest BCUT2D eigenvalue weighted by Crippen LogP contribution is -2.42. The SMILES string of the molecule is CC(C)[C@H](N)C(=O)OC(=O)[C@@H](N)CCO. The van der Waals surface area contributed by atoms with Gasteiger partial charge in [0.05, 0.1) is 0 Å². The highest BCUT2D eigenvalue weighted by atomic mass is 16.6. The summed E-state index contributed by atoms with van der Waals surface area (Å²) in [5, 5.41) is 8.52. The molecule has 0 fully saturated rings. The number of hydrogen-bond acceptors (Lipinski definition) is 6. The minimum absolute atomic E-state index is 0.0586. The van der Waals surface area contributed by atoms with Crippen molar-refractivity contribution in [3.8, 4) is 0 Å². The number of esters is 2. The second-order valence-corrected chi connectivity index (χ2v) is 3.63. The lowest BCUT2D eigenvalue weighted by atomic mass is 10.1. The van der Waals surface area contributed by atoms with Crippen molar-refractivity contribution in [3.05, 3.63) is 0 Å². The number of aliphatic hydroxyl groups is 1. The normalized spacial score (nSPS) is 14.8. The molecule has 0 aromatic carbocycles. The van der Waals surface area contributed by atoms with E-state index in [0.717, 1.165) is 0 Å². The number of ether oxygens (including phenoxy) is 1. The van der Waals surface area contributed by atoms with Crippen LogP contribution in [0.4, 0.5) is 0 Å². The average Bonchev–Trinajstić information content (AvgIpc) is 2.16.